The van der Waals surface area contributed by atoms with Crippen LogP contribution in [0.3, 0.4) is 0 Å². The first-order valence-corrected chi connectivity index (χ1v) is 9.69. The molecule has 0 bridgehead atoms. The lowest BCUT2D eigenvalue weighted by Crippen LogP contribution is -2.56. The number of piperazine rings is 1. The molecule has 0 spiro atoms. The fourth-order valence-corrected chi connectivity index (χ4v) is 3.96. The largest absolute Gasteiger partial charge is 0.464 e. The molecule has 2 aromatic carbocycles. The van der Waals surface area contributed by atoms with Crippen LogP contribution in [0.1, 0.15) is 34.3 Å². The first-order chi connectivity index (χ1) is 13.9. The summed E-state index contributed by atoms with van der Waals surface area (Å²) in [5, 5.41) is 0. The number of carbonyl (C=O) groups is 2. The van der Waals surface area contributed by atoms with E-state index in [0.717, 1.165) is 28.1 Å². The number of rotatable bonds is 3. The summed E-state index contributed by atoms with van der Waals surface area (Å²) in [5.41, 5.74) is 4.48. The second-order valence-electron chi connectivity index (χ2n) is 7.62. The maximum Gasteiger partial charge on any atom is 0.258 e. The van der Waals surface area contributed by atoms with Gasteiger partial charge in [-0.25, -0.2) is 0 Å². The average Bonchev–Trinajstić information content (AvgIpc) is 3.10. The fraction of sp³-hybridized carbons (Fsp3) is 0.250. The third-order valence-corrected chi connectivity index (χ3v) is 5.37. The summed E-state index contributed by atoms with van der Waals surface area (Å²) in [4.78, 5) is 30.2. The van der Waals surface area contributed by atoms with Crippen LogP contribution in [0, 0.1) is 27.7 Å². The summed E-state index contributed by atoms with van der Waals surface area (Å²) in [6.07, 6.45) is 0. The number of nitrogens with zero attached hydrogens (tertiary/aromatic N) is 2. The average molecular weight is 388 g/mol. The molecule has 0 aliphatic carbocycles. The van der Waals surface area contributed by atoms with E-state index in [-0.39, 0.29) is 18.4 Å². The molecule has 0 saturated carbocycles. The lowest BCUT2D eigenvalue weighted by Gasteiger charge is -2.40. The summed E-state index contributed by atoms with van der Waals surface area (Å²) in [6.45, 7) is 7.73. The molecule has 1 aliphatic heterocycles. The van der Waals surface area contributed by atoms with Gasteiger partial charge in [0.25, 0.3) is 5.91 Å². The molecule has 148 valence electrons. The number of aryl methyl sites for hydroxylation is 4. The molecular weight excluding hydrogens is 364 g/mol. The van der Waals surface area contributed by atoms with E-state index in [1.165, 1.54) is 0 Å². The second-order valence-corrected chi connectivity index (χ2v) is 7.62. The monoisotopic (exact) mass is 388 g/mol. The summed E-state index contributed by atoms with van der Waals surface area (Å²) in [7, 11) is 0. The van der Waals surface area contributed by atoms with Gasteiger partial charge in [0.15, 0.2) is 6.04 Å². The summed E-state index contributed by atoms with van der Waals surface area (Å²) < 4.78 is 5.83. The minimum absolute atomic E-state index is 0.00675. The van der Waals surface area contributed by atoms with Gasteiger partial charge >= 0.3 is 0 Å². The van der Waals surface area contributed by atoms with E-state index >= 15 is 0 Å². The van der Waals surface area contributed by atoms with E-state index in [2.05, 4.69) is 0 Å². The highest BCUT2D eigenvalue weighted by molar-refractivity contribution is 6.14. The Morgan fingerprint density at radius 2 is 1.62 bits per heavy atom. The number of furan rings is 1. The minimum atomic E-state index is -0.842. The summed E-state index contributed by atoms with van der Waals surface area (Å²) >= 11 is 0. The van der Waals surface area contributed by atoms with Crippen LogP contribution in [-0.4, -0.2) is 18.4 Å². The normalized spacial score (nSPS) is 17.2. The number of para-hydroxylation sites is 1. The van der Waals surface area contributed by atoms with Crippen molar-refractivity contribution in [2.24, 2.45) is 0 Å². The van der Waals surface area contributed by atoms with Gasteiger partial charge in [0.2, 0.25) is 5.91 Å². The quantitative estimate of drug-likeness (QED) is 0.657. The Labute approximate surface area is 170 Å². The Bertz CT molecular complexity index is 1100. The summed E-state index contributed by atoms with van der Waals surface area (Å²) in [6, 6.07) is 16.3. The maximum absolute atomic E-state index is 13.7. The highest BCUT2D eigenvalue weighted by Crippen LogP contribution is 2.37. The molecule has 1 saturated heterocycles. The molecular formula is C24H24N2O3. The molecule has 3 aromatic rings. The van der Waals surface area contributed by atoms with Crippen molar-refractivity contribution in [3.63, 3.8) is 0 Å². The van der Waals surface area contributed by atoms with Crippen molar-refractivity contribution in [3.05, 3.63) is 82.8 Å². The molecule has 0 N–H and O–H groups in total. The van der Waals surface area contributed by atoms with Crippen molar-refractivity contribution in [2.45, 2.75) is 33.7 Å². The van der Waals surface area contributed by atoms with Gasteiger partial charge in [0, 0.05) is 11.4 Å². The molecule has 0 radical (unpaired) electrons. The van der Waals surface area contributed by atoms with Crippen molar-refractivity contribution in [1.29, 1.82) is 0 Å². The van der Waals surface area contributed by atoms with Gasteiger partial charge in [-0.05, 0) is 63.1 Å². The van der Waals surface area contributed by atoms with Crippen LogP contribution < -0.4 is 9.80 Å². The second kappa shape index (κ2) is 7.24. The first kappa shape index (κ1) is 19.0. The Balaban J connectivity index is 1.85. The van der Waals surface area contributed by atoms with Crippen molar-refractivity contribution < 1.29 is 14.0 Å². The number of carbonyl (C=O) groups excluding carboxylic acids is 2. The van der Waals surface area contributed by atoms with E-state index in [4.69, 9.17) is 4.42 Å². The van der Waals surface area contributed by atoms with E-state index in [1.807, 2.05) is 76.2 Å². The molecule has 5 heteroatoms. The molecule has 2 amide bonds. The number of benzene rings is 2. The zero-order chi connectivity index (χ0) is 20.7. The molecule has 2 heterocycles. The van der Waals surface area contributed by atoms with Gasteiger partial charge in [-0.1, -0.05) is 35.9 Å². The molecule has 1 atom stereocenters. The first-order valence-electron chi connectivity index (χ1n) is 9.69. The Kier molecular flexibility index (Phi) is 4.74. The SMILES string of the molecule is Cc1ccc(N2C(=O)CN(c3ccccc3C)C(=O)[C@@H]2c2ccc(C)o2)c(C)c1. The van der Waals surface area contributed by atoms with Gasteiger partial charge in [0.05, 0.1) is 0 Å². The van der Waals surface area contributed by atoms with E-state index in [9.17, 15) is 9.59 Å². The summed E-state index contributed by atoms with van der Waals surface area (Å²) in [5.74, 6) is 0.861. The lowest BCUT2D eigenvalue weighted by atomic mass is 10.0. The number of amides is 2. The van der Waals surface area contributed by atoms with Crippen molar-refractivity contribution in [2.75, 3.05) is 16.3 Å². The van der Waals surface area contributed by atoms with Crippen LogP contribution in [0.25, 0.3) is 0 Å². The van der Waals surface area contributed by atoms with Crippen LogP contribution in [0.2, 0.25) is 0 Å². The number of anilines is 2. The molecule has 1 aliphatic rings. The molecule has 4 rings (SSSR count). The Morgan fingerprint density at radius 1 is 0.862 bits per heavy atom. The van der Waals surface area contributed by atoms with Crippen LogP contribution in [-0.2, 0) is 9.59 Å². The van der Waals surface area contributed by atoms with Crippen molar-refractivity contribution in [3.8, 4) is 0 Å². The van der Waals surface area contributed by atoms with Crippen molar-refractivity contribution >= 4 is 23.2 Å². The van der Waals surface area contributed by atoms with Crippen LogP contribution in [0.15, 0.2) is 59.0 Å². The van der Waals surface area contributed by atoms with Crippen LogP contribution in [0.4, 0.5) is 11.4 Å². The topological polar surface area (TPSA) is 53.8 Å². The molecule has 5 nitrogen and oxygen atoms in total. The molecule has 29 heavy (non-hydrogen) atoms. The number of hydrogen-bond donors (Lipinski definition) is 0. The predicted molar refractivity (Wildman–Crippen MR) is 113 cm³/mol. The smallest absolute Gasteiger partial charge is 0.258 e. The van der Waals surface area contributed by atoms with Crippen LogP contribution >= 0.6 is 0 Å². The fourth-order valence-electron chi connectivity index (χ4n) is 3.96. The van der Waals surface area contributed by atoms with E-state index in [0.29, 0.717) is 11.5 Å². The Hall–Kier alpha value is -3.34. The zero-order valence-electron chi connectivity index (χ0n) is 17.1. The standard InChI is InChI=1S/C24H24N2O3/c1-15-9-11-20(17(3)13-15)26-22(27)14-25(19-8-6-5-7-16(19)2)24(28)23(26)21-12-10-18(4)29-21/h5-13,23H,14H2,1-4H3/t23-/m0/s1. The zero-order valence-corrected chi connectivity index (χ0v) is 17.1. The van der Waals surface area contributed by atoms with Gasteiger partial charge in [-0.15, -0.1) is 0 Å². The van der Waals surface area contributed by atoms with Crippen molar-refractivity contribution in [1.82, 2.24) is 0 Å². The highest BCUT2D eigenvalue weighted by atomic mass is 16.3. The molecule has 1 aromatic heterocycles. The van der Waals surface area contributed by atoms with E-state index in [1.54, 1.807) is 15.9 Å². The molecule has 0 unspecified atom stereocenters. The Morgan fingerprint density at radius 3 is 2.28 bits per heavy atom. The van der Waals surface area contributed by atoms with Gasteiger partial charge < -0.3 is 9.32 Å². The maximum atomic E-state index is 13.7. The third-order valence-electron chi connectivity index (χ3n) is 5.37. The van der Waals surface area contributed by atoms with Gasteiger partial charge in [-0.3, -0.25) is 14.5 Å². The number of hydrogen-bond acceptors (Lipinski definition) is 3. The van der Waals surface area contributed by atoms with Crippen LogP contribution in [0.5, 0.6) is 0 Å². The predicted octanol–water partition coefficient (Wildman–Crippen LogP) is 4.63. The lowest BCUT2D eigenvalue weighted by molar-refractivity contribution is -0.129. The van der Waals surface area contributed by atoms with Gasteiger partial charge in [-0.2, -0.15) is 0 Å². The highest BCUT2D eigenvalue weighted by Gasteiger charge is 2.44. The molecule has 1 fully saturated rings. The van der Waals surface area contributed by atoms with Gasteiger partial charge in [0.1, 0.15) is 18.1 Å². The third kappa shape index (κ3) is 3.33. The van der Waals surface area contributed by atoms with E-state index < -0.39 is 6.04 Å². The minimum Gasteiger partial charge on any atom is -0.464 e.